The van der Waals surface area contributed by atoms with Crippen molar-refractivity contribution in [2.24, 2.45) is 5.10 Å². The van der Waals surface area contributed by atoms with Crippen LogP contribution in [0.1, 0.15) is 27.0 Å². The number of ether oxygens (including phenoxy) is 3. The predicted molar refractivity (Wildman–Crippen MR) is 130 cm³/mol. The van der Waals surface area contributed by atoms with E-state index >= 15 is 0 Å². The van der Waals surface area contributed by atoms with Crippen LogP contribution >= 0.6 is 0 Å². The van der Waals surface area contributed by atoms with Gasteiger partial charge in [-0.25, -0.2) is 5.43 Å². The number of methoxy groups -OCH3 is 2. The van der Waals surface area contributed by atoms with E-state index in [-0.39, 0.29) is 6.54 Å². The van der Waals surface area contributed by atoms with E-state index in [9.17, 15) is 9.59 Å². The number of carbonyl (C=O) groups excluding carboxylic acids is 2. The first-order valence-electron chi connectivity index (χ1n) is 10.6. The fourth-order valence-electron chi connectivity index (χ4n) is 2.96. The van der Waals surface area contributed by atoms with Crippen LogP contribution in [-0.2, 0) is 11.4 Å². The Hall–Kier alpha value is -4.33. The SMILES string of the molecule is COc1ccc(C(=O)NCC(=O)N/N=C/c2ccc(OCc3ccc(C)cc3)cc2)cc1OC. The third kappa shape index (κ3) is 7.09. The van der Waals surface area contributed by atoms with E-state index in [1.165, 1.54) is 26.0 Å². The van der Waals surface area contributed by atoms with Crippen molar-refractivity contribution in [3.63, 3.8) is 0 Å². The van der Waals surface area contributed by atoms with E-state index in [2.05, 4.69) is 15.8 Å². The second kappa shape index (κ2) is 12.1. The van der Waals surface area contributed by atoms with Gasteiger partial charge >= 0.3 is 0 Å². The lowest BCUT2D eigenvalue weighted by Gasteiger charge is -2.09. The van der Waals surface area contributed by atoms with Gasteiger partial charge in [-0.15, -0.1) is 0 Å². The maximum Gasteiger partial charge on any atom is 0.259 e. The minimum atomic E-state index is -0.455. The number of nitrogens with zero attached hydrogens (tertiary/aromatic N) is 1. The van der Waals surface area contributed by atoms with Crippen LogP contribution in [-0.4, -0.2) is 38.8 Å². The minimum Gasteiger partial charge on any atom is -0.493 e. The molecule has 8 nitrogen and oxygen atoms in total. The van der Waals surface area contributed by atoms with Gasteiger partial charge in [-0.05, 0) is 60.5 Å². The van der Waals surface area contributed by atoms with Gasteiger partial charge in [0.05, 0.1) is 27.0 Å². The van der Waals surface area contributed by atoms with Gasteiger partial charge in [0.2, 0.25) is 0 Å². The van der Waals surface area contributed by atoms with Crippen molar-refractivity contribution in [1.82, 2.24) is 10.7 Å². The molecule has 3 aromatic carbocycles. The van der Waals surface area contributed by atoms with E-state index < -0.39 is 11.8 Å². The first kappa shape index (κ1) is 24.3. The monoisotopic (exact) mass is 461 g/mol. The number of nitrogens with one attached hydrogen (secondary N) is 2. The first-order chi connectivity index (χ1) is 16.5. The van der Waals surface area contributed by atoms with Gasteiger partial charge in [0, 0.05) is 5.56 Å². The maximum atomic E-state index is 12.3. The van der Waals surface area contributed by atoms with Gasteiger partial charge in [0.1, 0.15) is 12.4 Å². The number of aryl methyl sites for hydroxylation is 1. The Bertz CT molecular complexity index is 1140. The molecule has 0 aliphatic rings. The zero-order chi connectivity index (χ0) is 24.3. The summed E-state index contributed by atoms with van der Waals surface area (Å²) in [5.74, 6) is 0.803. The van der Waals surface area contributed by atoms with E-state index in [1.807, 2.05) is 55.5 Å². The van der Waals surface area contributed by atoms with Crippen molar-refractivity contribution in [1.29, 1.82) is 0 Å². The van der Waals surface area contributed by atoms with Crippen molar-refractivity contribution in [2.75, 3.05) is 20.8 Å². The molecular weight excluding hydrogens is 434 g/mol. The van der Waals surface area contributed by atoms with Gasteiger partial charge < -0.3 is 19.5 Å². The molecule has 3 aromatic rings. The highest BCUT2D eigenvalue weighted by atomic mass is 16.5. The van der Waals surface area contributed by atoms with Crippen LogP contribution in [0.5, 0.6) is 17.2 Å². The quantitative estimate of drug-likeness (QED) is 0.356. The van der Waals surface area contributed by atoms with Crippen LogP contribution in [0.4, 0.5) is 0 Å². The summed E-state index contributed by atoms with van der Waals surface area (Å²) in [6.07, 6.45) is 1.51. The molecule has 0 spiro atoms. The molecular formula is C26H27N3O5. The largest absolute Gasteiger partial charge is 0.493 e. The van der Waals surface area contributed by atoms with Crippen LogP contribution in [0.15, 0.2) is 71.8 Å². The number of hydrogen-bond acceptors (Lipinski definition) is 6. The smallest absolute Gasteiger partial charge is 0.259 e. The van der Waals surface area contributed by atoms with Gasteiger partial charge in [-0.1, -0.05) is 29.8 Å². The molecule has 0 radical (unpaired) electrons. The van der Waals surface area contributed by atoms with Crippen LogP contribution in [0.3, 0.4) is 0 Å². The highest BCUT2D eigenvalue weighted by molar-refractivity contribution is 5.97. The molecule has 0 heterocycles. The molecule has 2 N–H and O–H groups in total. The minimum absolute atomic E-state index is 0.226. The fourth-order valence-corrected chi connectivity index (χ4v) is 2.96. The summed E-state index contributed by atoms with van der Waals surface area (Å²) in [5.41, 5.74) is 5.82. The Morgan fingerprint density at radius 1 is 0.912 bits per heavy atom. The summed E-state index contributed by atoms with van der Waals surface area (Å²) in [6, 6.07) is 20.3. The van der Waals surface area contributed by atoms with E-state index in [0.29, 0.717) is 23.7 Å². The molecule has 0 unspecified atom stereocenters. The molecule has 3 rings (SSSR count). The number of hydrogen-bond donors (Lipinski definition) is 2. The second-order valence-corrected chi connectivity index (χ2v) is 7.39. The Kier molecular flexibility index (Phi) is 8.62. The zero-order valence-corrected chi connectivity index (χ0v) is 19.3. The Morgan fingerprint density at radius 3 is 2.29 bits per heavy atom. The van der Waals surface area contributed by atoms with Crippen molar-refractivity contribution < 1.29 is 23.8 Å². The van der Waals surface area contributed by atoms with Crippen LogP contribution in [0.25, 0.3) is 0 Å². The van der Waals surface area contributed by atoms with Crippen LogP contribution in [0.2, 0.25) is 0 Å². The number of rotatable bonds is 10. The lowest BCUT2D eigenvalue weighted by molar-refractivity contribution is -0.120. The van der Waals surface area contributed by atoms with E-state index in [0.717, 1.165) is 16.9 Å². The first-order valence-corrected chi connectivity index (χ1v) is 10.6. The number of benzene rings is 3. The van der Waals surface area contributed by atoms with Gasteiger partial charge in [-0.2, -0.15) is 5.10 Å². The summed E-state index contributed by atoms with van der Waals surface area (Å²) >= 11 is 0. The van der Waals surface area contributed by atoms with Crippen molar-refractivity contribution in [2.45, 2.75) is 13.5 Å². The highest BCUT2D eigenvalue weighted by Gasteiger charge is 2.11. The molecule has 0 aromatic heterocycles. The molecule has 176 valence electrons. The normalized spacial score (nSPS) is 10.6. The molecule has 0 aliphatic heterocycles. The molecule has 0 aliphatic carbocycles. The molecule has 8 heteroatoms. The van der Waals surface area contributed by atoms with E-state index in [4.69, 9.17) is 14.2 Å². The molecule has 2 amide bonds. The molecule has 0 saturated heterocycles. The van der Waals surface area contributed by atoms with Crippen LogP contribution < -0.4 is 25.0 Å². The molecule has 34 heavy (non-hydrogen) atoms. The summed E-state index contributed by atoms with van der Waals surface area (Å²) < 4.78 is 16.1. The third-order valence-corrected chi connectivity index (χ3v) is 4.86. The Balaban J connectivity index is 1.42. The standard InChI is InChI=1S/C26H27N3O5/c1-18-4-6-20(7-5-18)17-34-22-11-8-19(9-12-22)15-28-29-25(30)16-27-26(31)21-10-13-23(32-2)24(14-21)33-3/h4-15H,16-17H2,1-3H3,(H,27,31)(H,29,30)/b28-15+. The number of hydrazone groups is 1. The predicted octanol–water partition coefficient (Wildman–Crippen LogP) is 3.47. The van der Waals surface area contributed by atoms with Gasteiger partial charge in [0.25, 0.3) is 11.8 Å². The molecule has 0 saturated carbocycles. The highest BCUT2D eigenvalue weighted by Crippen LogP contribution is 2.27. The summed E-state index contributed by atoms with van der Waals surface area (Å²) in [6.45, 7) is 2.30. The lowest BCUT2D eigenvalue weighted by atomic mass is 10.2. The number of amides is 2. The van der Waals surface area contributed by atoms with Gasteiger partial charge in [0.15, 0.2) is 11.5 Å². The second-order valence-electron chi connectivity index (χ2n) is 7.39. The topological polar surface area (TPSA) is 98.2 Å². The summed E-state index contributed by atoms with van der Waals surface area (Å²) in [7, 11) is 2.99. The van der Waals surface area contributed by atoms with Crippen molar-refractivity contribution in [3.8, 4) is 17.2 Å². The summed E-state index contributed by atoms with van der Waals surface area (Å²) in [4.78, 5) is 24.2. The average Bonchev–Trinajstić information content (AvgIpc) is 2.87. The lowest BCUT2D eigenvalue weighted by Crippen LogP contribution is -2.34. The zero-order valence-electron chi connectivity index (χ0n) is 19.3. The summed E-state index contributed by atoms with van der Waals surface area (Å²) in [5, 5.41) is 6.46. The maximum absolute atomic E-state index is 12.3. The van der Waals surface area contributed by atoms with Crippen molar-refractivity contribution >= 4 is 18.0 Å². The molecule has 0 atom stereocenters. The molecule has 0 fully saturated rings. The average molecular weight is 462 g/mol. The van der Waals surface area contributed by atoms with Gasteiger partial charge in [-0.3, -0.25) is 9.59 Å². The fraction of sp³-hybridized carbons (Fsp3) is 0.192. The molecule has 0 bridgehead atoms. The Labute approximate surface area is 198 Å². The Morgan fingerprint density at radius 2 is 1.62 bits per heavy atom. The number of carbonyl (C=O) groups is 2. The van der Waals surface area contributed by atoms with Crippen molar-refractivity contribution in [3.05, 3.63) is 89.0 Å². The third-order valence-electron chi connectivity index (χ3n) is 4.86. The van der Waals surface area contributed by atoms with E-state index in [1.54, 1.807) is 18.2 Å². The van der Waals surface area contributed by atoms with Crippen LogP contribution in [0, 0.1) is 6.92 Å².